The summed E-state index contributed by atoms with van der Waals surface area (Å²) in [7, 11) is 0. The SMILES string of the molecule is O=C(NC12CC3CC(C1)CC(N1Cc4ncccc4C1=O)(C3)C2)c1cccnc1. The Hall–Kier alpha value is -2.76. The van der Waals surface area contributed by atoms with E-state index in [1.165, 1.54) is 6.42 Å². The van der Waals surface area contributed by atoms with Gasteiger partial charge in [0.1, 0.15) is 0 Å². The first kappa shape index (κ1) is 17.1. The van der Waals surface area contributed by atoms with Gasteiger partial charge in [0.15, 0.2) is 0 Å². The van der Waals surface area contributed by atoms with Gasteiger partial charge in [0.25, 0.3) is 11.8 Å². The maximum atomic E-state index is 13.3. The van der Waals surface area contributed by atoms with Crippen molar-refractivity contribution in [2.75, 3.05) is 0 Å². The van der Waals surface area contributed by atoms with Crippen molar-refractivity contribution in [2.24, 2.45) is 11.8 Å². The molecular weight excluding hydrogens is 364 g/mol. The molecule has 2 unspecified atom stereocenters. The second-order valence-corrected chi connectivity index (χ2v) is 9.55. The fraction of sp³-hybridized carbons (Fsp3) is 0.478. The van der Waals surface area contributed by atoms with Crippen molar-refractivity contribution in [1.82, 2.24) is 20.2 Å². The van der Waals surface area contributed by atoms with Crippen LogP contribution in [0, 0.1) is 11.8 Å². The summed E-state index contributed by atoms with van der Waals surface area (Å²) in [4.78, 5) is 36.8. The van der Waals surface area contributed by atoms with Crippen LogP contribution in [0.1, 0.15) is 64.9 Å². The zero-order chi connectivity index (χ0) is 19.6. The van der Waals surface area contributed by atoms with Crippen LogP contribution in [0.15, 0.2) is 42.9 Å². The molecule has 4 bridgehead atoms. The molecule has 4 saturated carbocycles. The normalized spacial score (nSPS) is 34.3. The summed E-state index contributed by atoms with van der Waals surface area (Å²) in [5.74, 6) is 1.20. The third-order valence-corrected chi connectivity index (χ3v) is 7.58. The molecule has 2 amide bonds. The first-order valence-corrected chi connectivity index (χ1v) is 10.5. The number of fused-ring (bicyclic) bond motifs is 1. The monoisotopic (exact) mass is 388 g/mol. The van der Waals surface area contributed by atoms with E-state index < -0.39 is 0 Å². The molecule has 0 spiro atoms. The van der Waals surface area contributed by atoms with Gasteiger partial charge < -0.3 is 10.2 Å². The van der Waals surface area contributed by atoms with E-state index in [4.69, 9.17) is 0 Å². The molecule has 1 aliphatic heterocycles. The summed E-state index contributed by atoms with van der Waals surface area (Å²) >= 11 is 0. The van der Waals surface area contributed by atoms with Gasteiger partial charge in [0.05, 0.1) is 23.4 Å². The molecule has 4 aliphatic carbocycles. The Morgan fingerprint density at radius 3 is 2.62 bits per heavy atom. The molecule has 6 heteroatoms. The fourth-order valence-electron chi connectivity index (χ4n) is 7.00. The van der Waals surface area contributed by atoms with Crippen LogP contribution in [-0.2, 0) is 6.54 Å². The summed E-state index contributed by atoms with van der Waals surface area (Å²) in [6, 6.07) is 7.34. The Labute approximate surface area is 169 Å². The zero-order valence-corrected chi connectivity index (χ0v) is 16.3. The molecule has 2 atom stereocenters. The van der Waals surface area contributed by atoms with E-state index >= 15 is 0 Å². The Balaban J connectivity index is 1.32. The number of carbonyl (C=O) groups excluding carboxylic acids is 2. The van der Waals surface area contributed by atoms with Crippen molar-refractivity contribution in [3.63, 3.8) is 0 Å². The average Bonchev–Trinajstić information content (AvgIpc) is 3.05. The van der Waals surface area contributed by atoms with Crippen LogP contribution in [-0.4, -0.2) is 37.8 Å². The summed E-state index contributed by atoms with van der Waals surface area (Å²) < 4.78 is 0. The van der Waals surface area contributed by atoms with Gasteiger partial charge in [-0.15, -0.1) is 0 Å². The van der Waals surface area contributed by atoms with Crippen molar-refractivity contribution in [1.29, 1.82) is 0 Å². The van der Waals surface area contributed by atoms with Crippen LogP contribution in [0.25, 0.3) is 0 Å². The lowest BCUT2D eigenvalue weighted by Crippen LogP contribution is -2.69. The lowest BCUT2D eigenvalue weighted by atomic mass is 9.49. The van der Waals surface area contributed by atoms with E-state index in [-0.39, 0.29) is 22.9 Å². The maximum Gasteiger partial charge on any atom is 0.256 e. The van der Waals surface area contributed by atoms with Crippen molar-refractivity contribution in [3.05, 3.63) is 59.7 Å². The lowest BCUT2D eigenvalue weighted by Gasteiger charge is -2.64. The molecule has 29 heavy (non-hydrogen) atoms. The molecule has 7 rings (SSSR count). The predicted octanol–water partition coefficient (Wildman–Crippen LogP) is 2.95. The summed E-state index contributed by atoms with van der Waals surface area (Å²) in [5.41, 5.74) is 1.85. The Morgan fingerprint density at radius 2 is 1.90 bits per heavy atom. The number of nitrogens with zero attached hydrogens (tertiary/aromatic N) is 3. The molecule has 5 aliphatic rings. The highest BCUT2D eigenvalue weighted by Gasteiger charge is 2.61. The van der Waals surface area contributed by atoms with Crippen molar-refractivity contribution < 1.29 is 9.59 Å². The van der Waals surface area contributed by atoms with Crippen LogP contribution < -0.4 is 5.32 Å². The van der Waals surface area contributed by atoms with Crippen molar-refractivity contribution >= 4 is 11.8 Å². The topological polar surface area (TPSA) is 75.2 Å². The van der Waals surface area contributed by atoms with E-state index in [1.54, 1.807) is 24.7 Å². The number of pyridine rings is 2. The van der Waals surface area contributed by atoms with E-state index in [9.17, 15) is 9.59 Å². The lowest BCUT2D eigenvalue weighted by molar-refractivity contribution is -0.0939. The zero-order valence-electron chi connectivity index (χ0n) is 16.3. The number of hydrogen-bond acceptors (Lipinski definition) is 4. The molecule has 2 aromatic rings. The molecule has 148 valence electrons. The third-order valence-electron chi connectivity index (χ3n) is 7.58. The fourth-order valence-corrected chi connectivity index (χ4v) is 7.00. The molecule has 3 heterocycles. The van der Waals surface area contributed by atoms with Gasteiger partial charge in [-0.25, -0.2) is 0 Å². The highest BCUT2D eigenvalue weighted by atomic mass is 16.2. The van der Waals surface area contributed by atoms with E-state index in [0.717, 1.165) is 43.4 Å². The standard InChI is InChI=1S/C23H24N4O2/c28-20(17-3-1-5-24-12-17)26-22-8-15-7-16(9-22)11-23(10-15,14-22)27-13-19-18(21(27)29)4-2-6-25-19/h1-6,12,15-16H,7-11,13-14H2,(H,26,28). The molecule has 0 saturated heterocycles. The number of amides is 2. The number of nitrogens with one attached hydrogen (secondary N) is 1. The molecule has 6 nitrogen and oxygen atoms in total. The van der Waals surface area contributed by atoms with Gasteiger partial charge in [-0.05, 0) is 74.6 Å². The quantitative estimate of drug-likeness (QED) is 0.877. The van der Waals surface area contributed by atoms with Gasteiger partial charge in [-0.2, -0.15) is 0 Å². The Morgan fingerprint density at radius 1 is 1.10 bits per heavy atom. The number of aromatic nitrogens is 2. The largest absolute Gasteiger partial charge is 0.346 e. The Kier molecular flexibility index (Phi) is 3.47. The van der Waals surface area contributed by atoms with Gasteiger partial charge >= 0.3 is 0 Å². The van der Waals surface area contributed by atoms with Crippen LogP contribution in [0.4, 0.5) is 0 Å². The summed E-state index contributed by atoms with van der Waals surface area (Å²) in [5, 5.41) is 3.39. The maximum absolute atomic E-state index is 13.3. The minimum Gasteiger partial charge on any atom is -0.346 e. The van der Waals surface area contributed by atoms with Gasteiger partial charge in [-0.3, -0.25) is 19.6 Å². The van der Waals surface area contributed by atoms with Gasteiger partial charge in [0.2, 0.25) is 0 Å². The molecule has 2 aromatic heterocycles. The molecule has 4 fully saturated rings. The minimum absolute atomic E-state index is 0.0482. The summed E-state index contributed by atoms with van der Waals surface area (Å²) in [6.45, 7) is 0.598. The van der Waals surface area contributed by atoms with E-state index in [2.05, 4.69) is 20.2 Å². The first-order valence-electron chi connectivity index (χ1n) is 10.5. The van der Waals surface area contributed by atoms with Gasteiger partial charge in [-0.1, -0.05) is 0 Å². The second kappa shape index (κ2) is 5.88. The van der Waals surface area contributed by atoms with Crippen molar-refractivity contribution in [3.8, 4) is 0 Å². The first-order chi connectivity index (χ1) is 14.1. The summed E-state index contributed by atoms with van der Waals surface area (Å²) in [6.07, 6.45) is 11.3. The second-order valence-electron chi connectivity index (χ2n) is 9.55. The third kappa shape index (κ3) is 2.54. The van der Waals surface area contributed by atoms with E-state index in [0.29, 0.717) is 23.9 Å². The number of rotatable bonds is 3. The smallest absolute Gasteiger partial charge is 0.256 e. The van der Waals surface area contributed by atoms with Crippen LogP contribution in [0.2, 0.25) is 0 Å². The van der Waals surface area contributed by atoms with Crippen LogP contribution in [0.3, 0.4) is 0 Å². The minimum atomic E-state index is -0.223. The number of carbonyl (C=O) groups is 2. The molecule has 0 aromatic carbocycles. The predicted molar refractivity (Wildman–Crippen MR) is 106 cm³/mol. The highest BCUT2D eigenvalue weighted by Crippen LogP contribution is 2.60. The molecule has 0 radical (unpaired) electrons. The molecule has 1 N–H and O–H groups in total. The van der Waals surface area contributed by atoms with Crippen LogP contribution >= 0.6 is 0 Å². The van der Waals surface area contributed by atoms with E-state index in [1.807, 2.05) is 18.2 Å². The Bertz CT molecular complexity index is 991. The molecular formula is C23H24N4O2. The van der Waals surface area contributed by atoms with Gasteiger partial charge in [0, 0.05) is 29.7 Å². The average molecular weight is 388 g/mol. The highest BCUT2D eigenvalue weighted by molar-refractivity contribution is 5.98. The van der Waals surface area contributed by atoms with Crippen molar-refractivity contribution in [2.45, 2.75) is 56.1 Å². The number of hydrogen-bond donors (Lipinski definition) is 1. The van der Waals surface area contributed by atoms with Crippen LogP contribution in [0.5, 0.6) is 0 Å².